The monoisotopic (exact) mass is 314 g/mol. The molecule has 1 aliphatic rings. The van der Waals surface area contributed by atoms with Crippen molar-refractivity contribution in [1.29, 1.82) is 0 Å². The molecule has 2 rings (SSSR count). The number of nitrogens with one attached hydrogen (secondary N) is 1. The first-order chi connectivity index (χ1) is 8.58. The Hall–Kier alpha value is -1.21. The molecule has 0 saturated heterocycles. The van der Waals surface area contributed by atoms with Crippen molar-refractivity contribution < 1.29 is 4.92 Å². The van der Waals surface area contributed by atoms with E-state index in [9.17, 15) is 10.1 Å². The number of rotatable bonds is 3. The van der Waals surface area contributed by atoms with Crippen LogP contribution in [0, 0.1) is 10.1 Å². The molecule has 7 heteroatoms. The number of aromatic nitrogens is 1. The number of nitrogens with zero attached hydrogens (tertiary/aromatic N) is 2. The number of nitrogens with two attached hydrogens (primary N) is 1. The lowest BCUT2D eigenvalue weighted by Gasteiger charge is -2.29. The van der Waals surface area contributed by atoms with Crippen LogP contribution in [-0.2, 0) is 0 Å². The minimum Gasteiger partial charge on any atom is -0.360 e. The van der Waals surface area contributed by atoms with E-state index in [-0.39, 0.29) is 17.8 Å². The van der Waals surface area contributed by atoms with Crippen LogP contribution < -0.4 is 11.1 Å². The second kappa shape index (κ2) is 5.62. The molecule has 2 atom stereocenters. The van der Waals surface area contributed by atoms with E-state index in [0.717, 1.165) is 25.7 Å². The van der Waals surface area contributed by atoms with Gasteiger partial charge in [-0.05, 0) is 28.8 Å². The number of hydrogen-bond acceptors (Lipinski definition) is 5. The maximum atomic E-state index is 11.0. The molecule has 0 bridgehead atoms. The van der Waals surface area contributed by atoms with Gasteiger partial charge in [0.25, 0.3) is 0 Å². The van der Waals surface area contributed by atoms with Gasteiger partial charge in [0.2, 0.25) is 5.82 Å². The fraction of sp³-hybridized carbons (Fsp3) is 0.545. The van der Waals surface area contributed by atoms with Gasteiger partial charge >= 0.3 is 5.69 Å². The van der Waals surface area contributed by atoms with Crippen molar-refractivity contribution in [2.45, 2.75) is 37.8 Å². The zero-order valence-corrected chi connectivity index (χ0v) is 11.4. The molecule has 0 radical (unpaired) electrons. The largest absolute Gasteiger partial charge is 0.360 e. The van der Waals surface area contributed by atoms with E-state index in [2.05, 4.69) is 26.2 Å². The summed E-state index contributed by atoms with van der Waals surface area (Å²) in [4.78, 5) is 14.6. The van der Waals surface area contributed by atoms with Crippen LogP contribution in [0.2, 0.25) is 0 Å². The lowest BCUT2D eigenvalue weighted by atomic mass is 9.91. The molecule has 0 aliphatic heterocycles. The minimum atomic E-state index is -0.436. The Bertz CT molecular complexity index is 455. The summed E-state index contributed by atoms with van der Waals surface area (Å²) in [5, 5.41) is 14.1. The molecular weight excluding hydrogens is 300 g/mol. The van der Waals surface area contributed by atoms with Crippen molar-refractivity contribution >= 4 is 27.4 Å². The van der Waals surface area contributed by atoms with Gasteiger partial charge in [-0.2, -0.15) is 0 Å². The average molecular weight is 315 g/mol. The third-order valence-electron chi connectivity index (χ3n) is 3.17. The molecule has 1 heterocycles. The normalized spacial score (nSPS) is 23.7. The Morgan fingerprint density at radius 3 is 2.89 bits per heavy atom. The molecule has 0 amide bonds. The molecule has 18 heavy (non-hydrogen) atoms. The molecule has 98 valence electrons. The molecule has 0 spiro atoms. The van der Waals surface area contributed by atoms with E-state index in [4.69, 9.17) is 5.73 Å². The molecule has 1 aliphatic carbocycles. The van der Waals surface area contributed by atoms with Crippen LogP contribution in [0.1, 0.15) is 25.7 Å². The predicted octanol–water partition coefficient (Wildman–Crippen LogP) is 2.43. The molecule has 1 fully saturated rings. The van der Waals surface area contributed by atoms with Crippen LogP contribution in [0.5, 0.6) is 0 Å². The van der Waals surface area contributed by atoms with Gasteiger partial charge in [-0.25, -0.2) is 4.98 Å². The summed E-state index contributed by atoms with van der Waals surface area (Å²) < 4.78 is 0.590. The van der Waals surface area contributed by atoms with Crippen LogP contribution in [0.3, 0.4) is 0 Å². The summed E-state index contributed by atoms with van der Waals surface area (Å²) in [6.07, 6.45) is 5.63. The number of nitro groups is 1. The zero-order valence-electron chi connectivity index (χ0n) is 9.80. The third kappa shape index (κ3) is 2.97. The van der Waals surface area contributed by atoms with Crippen molar-refractivity contribution in [2.75, 3.05) is 5.32 Å². The van der Waals surface area contributed by atoms with Gasteiger partial charge in [-0.1, -0.05) is 12.8 Å². The Kier molecular flexibility index (Phi) is 4.13. The fourth-order valence-corrected chi connectivity index (χ4v) is 2.51. The van der Waals surface area contributed by atoms with Crippen molar-refractivity contribution in [2.24, 2.45) is 5.73 Å². The smallest absolute Gasteiger partial charge is 0.312 e. The summed E-state index contributed by atoms with van der Waals surface area (Å²) in [6.45, 7) is 0. The first-order valence-corrected chi connectivity index (χ1v) is 6.69. The molecular formula is C11H15BrN4O2. The Morgan fingerprint density at radius 1 is 1.50 bits per heavy atom. The van der Waals surface area contributed by atoms with Crippen LogP contribution in [0.15, 0.2) is 16.7 Å². The number of pyridine rings is 1. The number of halogens is 1. The fourth-order valence-electron chi connectivity index (χ4n) is 2.19. The average Bonchev–Trinajstić information content (AvgIpc) is 2.34. The van der Waals surface area contributed by atoms with Gasteiger partial charge in [0.15, 0.2) is 0 Å². The molecule has 1 aromatic heterocycles. The van der Waals surface area contributed by atoms with Gasteiger partial charge in [-0.15, -0.1) is 0 Å². The van der Waals surface area contributed by atoms with Gasteiger partial charge in [-0.3, -0.25) is 10.1 Å². The van der Waals surface area contributed by atoms with E-state index in [1.165, 1.54) is 6.07 Å². The van der Waals surface area contributed by atoms with Gasteiger partial charge in [0.1, 0.15) is 0 Å². The first kappa shape index (κ1) is 13.2. The zero-order chi connectivity index (χ0) is 13.1. The Balaban J connectivity index is 2.20. The Labute approximate surface area is 113 Å². The lowest BCUT2D eigenvalue weighted by Crippen LogP contribution is -2.42. The summed E-state index contributed by atoms with van der Waals surface area (Å²) in [5.74, 6) is 0.297. The molecule has 1 saturated carbocycles. The van der Waals surface area contributed by atoms with Crippen LogP contribution in [-0.4, -0.2) is 22.0 Å². The van der Waals surface area contributed by atoms with Crippen molar-refractivity contribution in [3.05, 3.63) is 26.9 Å². The quantitative estimate of drug-likeness (QED) is 0.660. The van der Waals surface area contributed by atoms with E-state index in [1.807, 2.05) is 0 Å². The highest BCUT2D eigenvalue weighted by Crippen LogP contribution is 2.28. The second-order valence-electron chi connectivity index (χ2n) is 4.48. The highest BCUT2D eigenvalue weighted by molar-refractivity contribution is 9.10. The van der Waals surface area contributed by atoms with Gasteiger partial charge < -0.3 is 11.1 Å². The van der Waals surface area contributed by atoms with Crippen LogP contribution >= 0.6 is 15.9 Å². The molecule has 6 nitrogen and oxygen atoms in total. The predicted molar refractivity (Wildman–Crippen MR) is 72.4 cm³/mol. The maximum absolute atomic E-state index is 11.0. The van der Waals surface area contributed by atoms with Crippen molar-refractivity contribution in [3.8, 4) is 0 Å². The van der Waals surface area contributed by atoms with Gasteiger partial charge in [0.05, 0.1) is 4.92 Å². The highest BCUT2D eigenvalue weighted by Gasteiger charge is 2.25. The Morgan fingerprint density at radius 2 is 2.22 bits per heavy atom. The standard InChI is InChI=1S/C11H15BrN4O2/c12-7-5-10(16(17)18)11(14-6-7)15-9-4-2-1-3-8(9)13/h5-6,8-9H,1-4,13H2,(H,14,15). The second-order valence-corrected chi connectivity index (χ2v) is 5.39. The minimum absolute atomic E-state index is 0.0258. The van der Waals surface area contributed by atoms with Crippen LogP contribution in [0.25, 0.3) is 0 Å². The molecule has 1 aromatic rings. The van der Waals surface area contributed by atoms with E-state index < -0.39 is 4.92 Å². The van der Waals surface area contributed by atoms with E-state index in [0.29, 0.717) is 10.3 Å². The summed E-state index contributed by atoms with van der Waals surface area (Å²) in [7, 11) is 0. The third-order valence-corrected chi connectivity index (χ3v) is 3.61. The maximum Gasteiger partial charge on any atom is 0.312 e. The molecule has 3 N–H and O–H groups in total. The topological polar surface area (TPSA) is 94.1 Å². The van der Waals surface area contributed by atoms with Crippen molar-refractivity contribution in [1.82, 2.24) is 4.98 Å². The van der Waals surface area contributed by atoms with Crippen LogP contribution in [0.4, 0.5) is 11.5 Å². The first-order valence-electron chi connectivity index (χ1n) is 5.90. The van der Waals surface area contributed by atoms with Crippen molar-refractivity contribution in [3.63, 3.8) is 0 Å². The van der Waals surface area contributed by atoms with E-state index >= 15 is 0 Å². The summed E-state index contributed by atoms with van der Waals surface area (Å²) in [6, 6.07) is 1.54. The molecule has 2 unspecified atom stereocenters. The van der Waals surface area contributed by atoms with Gasteiger partial charge in [0, 0.05) is 28.8 Å². The highest BCUT2D eigenvalue weighted by atomic mass is 79.9. The summed E-state index contributed by atoms with van der Waals surface area (Å²) >= 11 is 3.18. The van der Waals surface area contributed by atoms with E-state index in [1.54, 1.807) is 6.20 Å². The number of hydrogen-bond donors (Lipinski definition) is 2. The SMILES string of the molecule is NC1CCCCC1Nc1ncc(Br)cc1[N+](=O)[O-]. The molecule has 0 aromatic carbocycles. The number of anilines is 1. The summed E-state index contributed by atoms with van der Waals surface area (Å²) in [5.41, 5.74) is 5.99. The lowest BCUT2D eigenvalue weighted by molar-refractivity contribution is -0.384.